The third-order valence-corrected chi connectivity index (χ3v) is 3.18. The van der Waals surface area contributed by atoms with Crippen molar-refractivity contribution in [3.05, 3.63) is 57.5 Å². The molecule has 20 heavy (non-hydrogen) atoms. The molecule has 0 aliphatic heterocycles. The minimum atomic E-state index is -0.458. The van der Waals surface area contributed by atoms with Crippen molar-refractivity contribution in [2.24, 2.45) is 0 Å². The first-order valence-electron chi connectivity index (χ1n) is 6.21. The van der Waals surface area contributed by atoms with E-state index in [4.69, 9.17) is 0 Å². The number of hydrogen-bond acceptors (Lipinski definition) is 4. The highest BCUT2D eigenvalue weighted by Crippen LogP contribution is 2.10. The van der Waals surface area contributed by atoms with Crippen molar-refractivity contribution < 1.29 is 15.0 Å². The van der Waals surface area contributed by atoms with E-state index in [1.165, 1.54) is 12.3 Å². The molecule has 0 amide bonds. The molecule has 0 spiro atoms. The lowest BCUT2D eigenvalue weighted by Gasteiger charge is -2.14. The van der Waals surface area contributed by atoms with Crippen LogP contribution >= 0.6 is 22.6 Å². The van der Waals surface area contributed by atoms with Gasteiger partial charge in [-0.15, -0.1) is 0 Å². The summed E-state index contributed by atoms with van der Waals surface area (Å²) in [6.07, 6.45) is 3.37. The van der Waals surface area contributed by atoms with Crippen LogP contribution in [0.5, 0.6) is 0 Å². The van der Waals surface area contributed by atoms with E-state index < -0.39 is 5.78 Å². The van der Waals surface area contributed by atoms with Crippen LogP contribution in [0.15, 0.2) is 51.9 Å². The predicted molar refractivity (Wildman–Crippen MR) is 87.7 cm³/mol. The molecule has 0 bridgehead atoms. The van der Waals surface area contributed by atoms with E-state index in [9.17, 15) is 15.0 Å². The van der Waals surface area contributed by atoms with Gasteiger partial charge in [-0.3, -0.25) is 4.79 Å². The Morgan fingerprint density at radius 2 is 2.05 bits per heavy atom. The second-order valence-electron chi connectivity index (χ2n) is 4.32. The van der Waals surface area contributed by atoms with E-state index in [1.54, 1.807) is 6.92 Å². The lowest BCUT2D eigenvalue weighted by molar-refractivity contribution is -0.113. The van der Waals surface area contributed by atoms with E-state index in [1.807, 2.05) is 52.9 Å². The van der Waals surface area contributed by atoms with Gasteiger partial charge in [0.05, 0.1) is 12.6 Å². The summed E-state index contributed by atoms with van der Waals surface area (Å²) < 4.78 is 0.542. The second-order valence-corrected chi connectivity index (χ2v) is 5.93. The Labute approximate surface area is 132 Å². The first kappa shape index (κ1) is 16.7. The topological polar surface area (TPSA) is 69.6 Å². The molecule has 0 unspecified atom stereocenters. The molecule has 1 aromatic rings. The maximum atomic E-state index is 11.5. The van der Waals surface area contributed by atoms with Gasteiger partial charge < -0.3 is 15.5 Å². The summed E-state index contributed by atoms with van der Waals surface area (Å²) in [6, 6.07) is 9.60. The molecule has 0 aromatic heterocycles. The van der Waals surface area contributed by atoms with E-state index >= 15 is 0 Å². The van der Waals surface area contributed by atoms with Crippen LogP contribution in [0.3, 0.4) is 0 Å². The largest absolute Gasteiger partial charge is 0.504 e. The van der Waals surface area contributed by atoms with Gasteiger partial charge in [0.1, 0.15) is 0 Å². The van der Waals surface area contributed by atoms with Gasteiger partial charge in [-0.25, -0.2) is 0 Å². The molecule has 0 fully saturated rings. The van der Waals surface area contributed by atoms with Crippen LogP contribution in [0.1, 0.15) is 12.5 Å². The molecule has 1 aromatic carbocycles. The number of carbonyl (C=O) groups excluding carboxylic acids is 1. The second kappa shape index (κ2) is 8.76. The number of ketones is 1. The van der Waals surface area contributed by atoms with E-state index in [2.05, 4.69) is 5.32 Å². The zero-order valence-electron chi connectivity index (χ0n) is 11.2. The van der Waals surface area contributed by atoms with Crippen molar-refractivity contribution in [2.45, 2.75) is 19.4 Å². The Hall–Kier alpha value is -1.34. The van der Waals surface area contributed by atoms with Gasteiger partial charge in [-0.1, -0.05) is 30.3 Å². The Bertz CT molecular complexity index is 493. The molecular formula is C15H18INO3. The van der Waals surface area contributed by atoms with Crippen molar-refractivity contribution in [3.8, 4) is 0 Å². The minimum absolute atomic E-state index is 0.0411. The molecule has 108 valence electrons. The molecule has 0 aliphatic carbocycles. The van der Waals surface area contributed by atoms with Crippen molar-refractivity contribution >= 4 is 28.4 Å². The van der Waals surface area contributed by atoms with Crippen molar-refractivity contribution in [2.75, 3.05) is 6.61 Å². The maximum absolute atomic E-state index is 11.5. The molecule has 1 atom stereocenters. The number of halogens is 1. The molecule has 5 heteroatoms. The minimum Gasteiger partial charge on any atom is -0.504 e. The van der Waals surface area contributed by atoms with Crippen molar-refractivity contribution in [1.82, 2.24) is 5.32 Å². The van der Waals surface area contributed by atoms with E-state index in [0.29, 0.717) is 10.0 Å². The number of allylic oxidation sites excluding steroid dienone is 2. The summed E-state index contributed by atoms with van der Waals surface area (Å²) in [5, 5.41) is 21.7. The SMILES string of the molecule is C/C(I)=C(\O)C(=O)C=CN[C@@H](CO)Cc1ccccc1. The Balaban J connectivity index is 2.54. The highest BCUT2D eigenvalue weighted by atomic mass is 127. The summed E-state index contributed by atoms with van der Waals surface area (Å²) in [5.74, 6) is -0.715. The Morgan fingerprint density at radius 3 is 2.60 bits per heavy atom. The molecule has 0 aliphatic rings. The van der Waals surface area contributed by atoms with Gasteiger partial charge in [0.15, 0.2) is 5.76 Å². The third-order valence-electron chi connectivity index (χ3n) is 2.67. The fourth-order valence-electron chi connectivity index (χ4n) is 1.58. The average Bonchev–Trinajstić information content (AvgIpc) is 2.46. The molecule has 0 radical (unpaired) electrons. The fraction of sp³-hybridized carbons (Fsp3) is 0.267. The zero-order chi connectivity index (χ0) is 15.0. The fourth-order valence-corrected chi connectivity index (χ4v) is 1.85. The highest BCUT2D eigenvalue weighted by Gasteiger charge is 2.08. The summed E-state index contributed by atoms with van der Waals surface area (Å²) in [6.45, 7) is 1.61. The van der Waals surface area contributed by atoms with Gasteiger partial charge in [-0.05, 0) is 41.5 Å². The lowest BCUT2D eigenvalue weighted by Crippen LogP contribution is -2.30. The number of benzene rings is 1. The Morgan fingerprint density at radius 1 is 1.40 bits per heavy atom. The van der Waals surface area contributed by atoms with Crippen LogP contribution in [0.25, 0.3) is 0 Å². The number of nitrogens with one attached hydrogen (secondary N) is 1. The van der Waals surface area contributed by atoms with Crippen LogP contribution in [0.2, 0.25) is 0 Å². The highest BCUT2D eigenvalue weighted by molar-refractivity contribution is 14.1. The summed E-state index contributed by atoms with van der Waals surface area (Å²) >= 11 is 1.89. The third kappa shape index (κ3) is 5.75. The monoisotopic (exact) mass is 387 g/mol. The molecule has 1 rings (SSSR count). The molecule has 0 heterocycles. The van der Waals surface area contributed by atoms with Crippen molar-refractivity contribution in [1.29, 1.82) is 0 Å². The quantitative estimate of drug-likeness (QED) is 0.382. The summed E-state index contributed by atoms with van der Waals surface area (Å²) in [4.78, 5) is 11.5. The summed E-state index contributed by atoms with van der Waals surface area (Å²) in [5.41, 5.74) is 1.10. The average molecular weight is 387 g/mol. The predicted octanol–water partition coefficient (Wildman–Crippen LogP) is 2.49. The molecule has 0 saturated heterocycles. The smallest absolute Gasteiger partial charge is 0.222 e. The van der Waals surface area contributed by atoms with Gasteiger partial charge >= 0.3 is 0 Å². The number of carbonyl (C=O) groups is 1. The van der Waals surface area contributed by atoms with Gasteiger partial charge in [0.25, 0.3) is 0 Å². The van der Waals surface area contributed by atoms with Gasteiger partial charge in [-0.2, -0.15) is 0 Å². The van der Waals surface area contributed by atoms with Crippen LogP contribution in [-0.4, -0.2) is 28.6 Å². The van der Waals surface area contributed by atoms with Crippen LogP contribution in [0.4, 0.5) is 0 Å². The lowest BCUT2D eigenvalue weighted by atomic mass is 10.1. The summed E-state index contributed by atoms with van der Waals surface area (Å²) in [7, 11) is 0. The first-order valence-corrected chi connectivity index (χ1v) is 7.29. The molecule has 0 saturated carbocycles. The first-order chi connectivity index (χ1) is 9.54. The molecule has 3 N–H and O–H groups in total. The number of hydrogen-bond donors (Lipinski definition) is 3. The number of rotatable bonds is 7. The van der Waals surface area contributed by atoms with Gasteiger partial charge in [0, 0.05) is 15.9 Å². The van der Waals surface area contributed by atoms with Crippen LogP contribution < -0.4 is 5.32 Å². The Kier molecular flexibility index (Phi) is 7.32. The van der Waals surface area contributed by atoms with Crippen LogP contribution in [-0.2, 0) is 11.2 Å². The van der Waals surface area contributed by atoms with Crippen LogP contribution in [0, 0.1) is 0 Å². The maximum Gasteiger partial charge on any atom is 0.222 e. The standard InChI is InChI=1S/C15H18INO3/c1-11(16)15(20)14(19)7-8-17-13(10-18)9-12-5-3-2-4-6-12/h2-8,13,17-18,20H,9-10H2,1H3/b8-7?,15-11+/t13-/m1/s1. The normalized spacial score (nSPS) is 13.9. The number of aliphatic hydroxyl groups is 2. The van der Waals surface area contributed by atoms with Gasteiger partial charge in [0.2, 0.25) is 5.78 Å². The molecular weight excluding hydrogens is 369 g/mol. The number of aliphatic hydroxyl groups excluding tert-OH is 2. The zero-order valence-corrected chi connectivity index (χ0v) is 13.4. The van der Waals surface area contributed by atoms with E-state index in [-0.39, 0.29) is 18.4 Å². The molecule has 4 nitrogen and oxygen atoms in total. The van der Waals surface area contributed by atoms with E-state index in [0.717, 1.165) is 5.56 Å². The van der Waals surface area contributed by atoms with Crippen molar-refractivity contribution in [3.63, 3.8) is 0 Å².